The Labute approximate surface area is 169 Å². The Kier molecular flexibility index (Phi) is 6.56. The fourth-order valence-corrected chi connectivity index (χ4v) is 3.30. The average Bonchev–Trinajstić information content (AvgIpc) is 2.76. The van der Waals surface area contributed by atoms with Gasteiger partial charge in [-0.3, -0.25) is 10.1 Å². The van der Waals surface area contributed by atoms with Gasteiger partial charge in [-0.25, -0.2) is 0 Å². The number of ether oxygens (including phenoxy) is 1. The number of hydrogen-bond donors (Lipinski definition) is 1. The third-order valence-corrected chi connectivity index (χ3v) is 4.95. The molecule has 0 aliphatic rings. The quantitative estimate of drug-likeness (QED) is 0.433. The van der Waals surface area contributed by atoms with Crippen molar-refractivity contribution < 1.29 is 9.66 Å². The van der Waals surface area contributed by atoms with Crippen LogP contribution in [0.4, 0.5) is 11.5 Å². The zero-order valence-corrected chi connectivity index (χ0v) is 16.9. The van der Waals surface area contributed by atoms with E-state index in [0.29, 0.717) is 17.1 Å². The van der Waals surface area contributed by atoms with Gasteiger partial charge >= 0.3 is 5.69 Å². The summed E-state index contributed by atoms with van der Waals surface area (Å²) in [6.07, 6.45) is 0. The summed E-state index contributed by atoms with van der Waals surface area (Å²) in [5.74, 6) is 0.922. The number of nitrogens with one attached hydrogen (secondary N) is 1. The largest absolute Gasteiger partial charge is 0.490 e. The molecule has 0 saturated carbocycles. The number of hydrogen-bond acceptors (Lipinski definition) is 7. The third kappa shape index (κ3) is 4.43. The minimum Gasteiger partial charge on any atom is -0.490 e. The van der Waals surface area contributed by atoms with Gasteiger partial charge in [0.05, 0.1) is 12.0 Å². The van der Waals surface area contributed by atoms with E-state index in [1.165, 1.54) is 13.2 Å². The van der Waals surface area contributed by atoms with Crippen molar-refractivity contribution in [1.29, 1.82) is 0 Å². The van der Waals surface area contributed by atoms with Gasteiger partial charge in [0, 0.05) is 35.5 Å². The van der Waals surface area contributed by atoms with Gasteiger partial charge in [0.15, 0.2) is 11.6 Å². The van der Waals surface area contributed by atoms with Crippen molar-refractivity contribution in [2.45, 2.75) is 13.8 Å². The van der Waals surface area contributed by atoms with Crippen LogP contribution >= 0.6 is 0 Å². The predicted octanol–water partition coefficient (Wildman–Crippen LogP) is 3.97. The highest BCUT2D eigenvalue weighted by Crippen LogP contribution is 2.35. The minimum atomic E-state index is -0.457. The summed E-state index contributed by atoms with van der Waals surface area (Å²) in [7, 11) is 1.41. The van der Waals surface area contributed by atoms with Crippen LogP contribution in [0.2, 0.25) is 0 Å². The summed E-state index contributed by atoms with van der Waals surface area (Å²) in [4.78, 5) is 13.2. The second-order valence-corrected chi connectivity index (χ2v) is 6.54. The first kappa shape index (κ1) is 20.5. The number of nitro groups is 1. The van der Waals surface area contributed by atoms with Crippen molar-refractivity contribution >= 4 is 22.3 Å². The smallest absolute Gasteiger partial charge is 0.311 e. The minimum absolute atomic E-state index is 0.0997. The SMILES string of the molecule is CCN(CC)CCNc1nnc(-c2ccc(OC)c([N+](=O)[O-])c2)c2ccccc12. The maximum absolute atomic E-state index is 11.4. The summed E-state index contributed by atoms with van der Waals surface area (Å²) in [6, 6.07) is 12.6. The predicted molar refractivity (Wildman–Crippen MR) is 114 cm³/mol. The van der Waals surface area contributed by atoms with Crippen LogP contribution in [0.25, 0.3) is 22.0 Å². The Balaban J connectivity index is 1.97. The Morgan fingerprint density at radius 3 is 2.48 bits per heavy atom. The number of nitro benzene ring substituents is 1. The first-order chi connectivity index (χ1) is 14.1. The normalized spacial score (nSPS) is 11.0. The van der Waals surface area contributed by atoms with Crippen molar-refractivity contribution in [3.05, 3.63) is 52.6 Å². The molecule has 0 radical (unpaired) electrons. The second kappa shape index (κ2) is 9.29. The lowest BCUT2D eigenvalue weighted by atomic mass is 10.0. The van der Waals surface area contributed by atoms with Crippen molar-refractivity contribution in [2.75, 3.05) is 38.6 Å². The highest BCUT2D eigenvalue weighted by molar-refractivity contribution is 6.00. The summed E-state index contributed by atoms with van der Waals surface area (Å²) in [5.41, 5.74) is 1.12. The molecule has 8 heteroatoms. The van der Waals surface area contributed by atoms with Crippen molar-refractivity contribution in [2.24, 2.45) is 0 Å². The van der Waals surface area contributed by atoms with Crippen LogP contribution in [0.3, 0.4) is 0 Å². The topological polar surface area (TPSA) is 93.4 Å². The molecule has 2 aromatic carbocycles. The maximum atomic E-state index is 11.4. The number of aromatic nitrogens is 2. The molecule has 0 unspecified atom stereocenters. The standard InChI is InChI=1S/C21H25N5O3/c1-4-25(5-2)13-12-22-21-17-9-7-6-8-16(17)20(23-24-21)15-10-11-19(29-3)18(14-15)26(27)28/h6-11,14H,4-5,12-13H2,1-3H3,(H,22,24). The molecule has 0 aliphatic heterocycles. The maximum Gasteiger partial charge on any atom is 0.311 e. The van der Waals surface area contributed by atoms with Gasteiger partial charge in [0.2, 0.25) is 0 Å². The molecule has 0 fully saturated rings. The monoisotopic (exact) mass is 395 g/mol. The molecule has 1 aromatic heterocycles. The van der Waals surface area contributed by atoms with Gasteiger partial charge in [0.25, 0.3) is 0 Å². The van der Waals surface area contributed by atoms with E-state index in [4.69, 9.17) is 4.74 Å². The summed E-state index contributed by atoms with van der Waals surface area (Å²) in [6.45, 7) is 7.95. The number of anilines is 1. The highest BCUT2D eigenvalue weighted by Gasteiger charge is 2.18. The molecule has 1 heterocycles. The van der Waals surface area contributed by atoms with Crippen LogP contribution in [0.15, 0.2) is 42.5 Å². The number of likely N-dealkylation sites (N-methyl/N-ethyl adjacent to an activating group) is 1. The van der Waals surface area contributed by atoms with E-state index in [-0.39, 0.29) is 11.4 Å². The van der Waals surface area contributed by atoms with Gasteiger partial charge in [-0.05, 0) is 25.2 Å². The molecule has 0 spiro atoms. The Morgan fingerprint density at radius 2 is 1.83 bits per heavy atom. The average molecular weight is 395 g/mol. The molecule has 0 saturated heterocycles. The molecule has 3 aromatic rings. The van der Waals surface area contributed by atoms with Crippen molar-refractivity contribution in [3.8, 4) is 17.0 Å². The van der Waals surface area contributed by atoms with Gasteiger partial charge in [-0.15, -0.1) is 10.2 Å². The van der Waals surface area contributed by atoms with Crippen LogP contribution in [-0.4, -0.2) is 53.3 Å². The molecule has 29 heavy (non-hydrogen) atoms. The second-order valence-electron chi connectivity index (χ2n) is 6.54. The molecular formula is C21H25N5O3. The number of methoxy groups -OCH3 is 1. The Morgan fingerprint density at radius 1 is 1.10 bits per heavy atom. The van der Waals surface area contributed by atoms with Gasteiger partial charge < -0.3 is 15.0 Å². The van der Waals surface area contributed by atoms with E-state index in [2.05, 4.69) is 34.3 Å². The molecule has 0 bridgehead atoms. The van der Waals surface area contributed by atoms with Gasteiger partial charge in [0.1, 0.15) is 5.69 Å². The summed E-state index contributed by atoms with van der Waals surface area (Å²) in [5, 5.41) is 25.3. The molecular weight excluding hydrogens is 370 g/mol. The summed E-state index contributed by atoms with van der Waals surface area (Å²) >= 11 is 0. The zero-order chi connectivity index (χ0) is 20.8. The van der Waals surface area contributed by atoms with Crippen LogP contribution in [0.1, 0.15) is 13.8 Å². The third-order valence-electron chi connectivity index (χ3n) is 4.95. The Bertz CT molecular complexity index is 1000. The lowest BCUT2D eigenvalue weighted by Gasteiger charge is -2.18. The van der Waals surface area contributed by atoms with Crippen LogP contribution in [0.5, 0.6) is 5.75 Å². The number of rotatable bonds is 9. The molecule has 0 amide bonds. The number of benzene rings is 2. The summed E-state index contributed by atoms with van der Waals surface area (Å²) < 4.78 is 5.09. The zero-order valence-electron chi connectivity index (χ0n) is 16.9. The van der Waals surface area contributed by atoms with Crippen LogP contribution < -0.4 is 10.1 Å². The molecule has 152 valence electrons. The van der Waals surface area contributed by atoms with E-state index in [9.17, 15) is 10.1 Å². The fraction of sp³-hybridized carbons (Fsp3) is 0.333. The Hall–Kier alpha value is -3.26. The van der Waals surface area contributed by atoms with E-state index in [0.717, 1.165) is 37.0 Å². The fourth-order valence-electron chi connectivity index (χ4n) is 3.30. The van der Waals surface area contributed by atoms with Gasteiger partial charge in [-0.1, -0.05) is 38.1 Å². The van der Waals surface area contributed by atoms with E-state index in [1.807, 2.05) is 24.3 Å². The molecule has 0 aliphatic carbocycles. The molecule has 3 rings (SSSR count). The van der Waals surface area contributed by atoms with Crippen molar-refractivity contribution in [1.82, 2.24) is 15.1 Å². The van der Waals surface area contributed by atoms with Crippen LogP contribution in [-0.2, 0) is 0 Å². The molecule has 1 N–H and O–H groups in total. The first-order valence-corrected chi connectivity index (χ1v) is 9.63. The first-order valence-electron chi connectivity index (χ1n) is 9.63. The molecule has 0 atom stereocenters. The van der Waals surface area contributed by atoms with E-state index < -0.39 is 4.92 Å². The lowest BCUT2D eigenvalue weighted by molar-refractivity contribution is -0.385. The molecule has 8 nitrogen and oxygen atoms in total. The lowest BCUT2D eigenvalue weighted by Crippen LogP contribution is -2.28. The van der Waals surface area contributed by atoms with E-state index in [1.54, 1.807) is 12.1 Å². The van der Waals surface area contributed by atoms with E-state index >= 15 is 0 Å². The number of nitrogens with zero attached hydrogens (tertiary/aromatic N) is 4. The number of fused-ring (bicyclic) bond motifs is 1. The van der Waals surface area contributed by atoms with Crippen LogP contribution in [0, 0.1) is 10.1 Å². The highest BCUT2D eigenvalue weighted by atomic mass is 16.6. The van der Waals surface area contributed by atoms with Crippen molar-refractivity contribution in [3.63, 3.8) is 0 Å². The van der Waals surface area contributed by atoms with Gasteiger partial charge in [-0.2, -0.15) is 0 Å².